The maximum absolute atomic E-state index is 12.2. The fourth-order valence-electron chi connectivity index (χ4n) is 1.89. The van der Waals surface area contributed by atoms with Crippen LogP contribution in [0.2, 0.25) is 0 Å². The van der Waals surface area contributed by atoms with Crippen molar-refractivity contribution in [1.82, 2.24) is 0 Å². The topological polar surface area (TPSA) is 55.1 Å². The monoisotopic (exact) mass is 338 g/mol. The van der Waals surface area contributed by atoms with Crippen LogP contribution in [0, 0.1) is 20.8 Å². The van der Waals surface area contributed by atoms with Gasteiger partial charge in [0.15, 0.2) is 0 Å². The predicted octanol–water partition coefficient (Wildman–Crippen LogP) is 4.27. The van der Waals surface area contributed by atoms with E-state index in [1.54, 1.807) is 6.07 Å². The van der Waals surface area contributed by atoms with Gasteiger partial charge in [-0.1, -0.05) is 15.9 Å². The van der Waals surface area contributed by atoms with Crippen molar-refractivity contribution in [2.24, 2.45) is 0 Å². The minimum Gasteiger partial charge on any atom is -0.398 e. The van der Waals surface area contributed by atoms with E-state index in [-0.39, 0.29) is 5.91 Å². The van der Waals surface area contributed by atoms with Gasteiger partial charge in [0.25, 0.3) is 5.91 Å². The standard InChI is InChI=1S/C14H15BrN2OS/c1-7-4-10(15)5-8(2)13(7)17-14(18)12-6-11(16)9(3)19-12/h4-6H,16H2,1-3H3,(H,17,18). The summed E-state index contributed by atoms with van der Waals surface area (Å²) in [6.45, 7) is 5.86. The van der Waals surface area contributed by atoms with Crippen LogP contribution in [0.4, 0.5) is 11.4 Å². The molecule has 5 heteroatoms. The van der Waals surface area contributed by atoms with Gasteiger partial charge in [0.1, 0.15) is 0 Å². The molecule has 3 N–H and O–H groups in total. The van der Waals surface area contributed by atoms with Crippen molar-refractivity contribution in [3.05, 3.63) is 43.6 Å². The molecular weight excluding hydrogens is 324 g/mol. The first-order chi connectivity index (χ1) is 8.88. The van der Waals surface area contributed by atoms with Crippen molar-refractivity contribution in [3.8, 4) is 0 Å². The quantitative estimate of drug-likeness (QED) is 0.858. The molecule has 1 aromatic carbocycles. The maximum Gasteiger partial charge on any atom is 0.265 e. The number of nitrogens with one attached hydrogen (secondary N) is 1. The maximum atomic E-state index is 12.2. The number of nitrogens with two attached hydrogens (primary N) is 1. The van der Waals surface area contributed by atoms with Crippen LogP contribution in [0.5, 0.6) is 0 Å². The van der Waals surface area contributed by atoms with Gasteiger partial charge in [-0.3, -0.25) is 4.79 Å². The summed E-state index contributed by atoms with van der Waals surface area (Å²) in [6, 6.07) is 5.69. The number of aryl methyl sites for hydroxylation is 3. The molecule has 100 valence electrons. The molecule has 1 aromatic heterocycles. The summed E-state index contributed by atoms with van der Waals surface area (Å²) >= 11 is 4.85. The van der Waals surface area contributed by atoms with Crippen molar-refractivity contribution in [2.45, 2.75) is 20.8 Å². The third-order valence-electron chi connectivity index (χ3n) is 2.92. The van der Waals surface area contributed by atoms with Crippen molar-refractivity contribution < 1.29 is 4.79 Å². The predicted molar refractivity (Wildman–Crippen MR) is 85.0 cm³/mol. The van der Waals surface area contributed by atoms with Gasteiger partial charge in [-0.25, -0.2) is 0 Å². The Labute approximate surface area is 125 Å². The molecule has 0 atom stereocenters. The van der Waals surface area contributed by atoms with Crippen LogP contribution in [0.1, 0.15) is 25.7 Å². The first-order valence-electron chi connectivity index (χ1n) is 5.82. The van der Waals surface area contributed by atoms with E-state index in [0.717, 1.165) is 26.2 Å². The van der Waals surface area contributed by atoms with E-state index < -0.39 is 0 Å². The van der Waals surface area contributed by atoms with Crippen LogP contribution in [-0.2, 0) is 0 Å². The van der Waals surface area contributed by atoms with Gasteiger partial charge < -0.3 is 11.1 Å². The zero-order valence-electron chi connectivity index (χ0n) is 11.0. The van der Waals surface area contributed by atoms with Gasteiger partial charge in [-0.2, -0.15) is 0 Å². The van der Waals surface area contributed by atoms with E-state index in [9.17, 15) is 4.79 Å². The second kappa shape index (κ2) is 5.35. The van der Waals surface area contributed by atoms with Gasteiger partial charge in [0.2, 0.25) is 0 Å². The van der Waals surface area contributed by atoms with Crippen LogP contribution in [0.15, 0.2) is 22.7 Å². The summed E-state index contributed by atoms with van der Waals surface area (Å²) in [5.74, 6) is -0.113. The van der Waals surface area contributed by atoms with E-state index in [4.69, 9.17) is 5.73 Å². The average Bonchev–Trinajstić information content (AvgIpc) is 2.64. The lowest BCUT2D eigenvalue weighted by molar-refractivity contribution is 0.103. The number of nitrogen functional groups attached to an aromatic ring is 1. The summed E-state index contributed by atoms with van der Waals surface area (Å²) in [5.41, 5.74) is 9.36. The van der Waals surface area contributed by atoms with Gasteiger partial charge >= 0.3 is 0 Å². The van der Waals surface area contributed by atoms with Gasteiger partial charge in [-0.05, 0) is 50.1 Å². The Kier molecular flexibility index (Phi) is 3.96. The number of hydrogen-bond donors (Lipinski definition) is 2. The van der Waals surface area contributed by atoms with Crippen LogP contribution in [-0.4, -0.2) is 5.91 Å². The third-order valence-corrected chi connectivity index (χ3v) is 4.44. The van der Waals surface area contributed by atoms with Crippen molar-refractivity contribution in [1.29, 1.82) is 0 Å². The molecule has 0 bridgehead atoms. The zero-order valence-corrected chi connectivity index (χ0v) is 13.4. The second-order valence-electron chi connectivity index (χ2n) is 4.49. The Balaban J connectivity index is 2.29. The lowest BCUT2D eigenvalue weighted by atomic mass is 10.1. The molecule has 3 nitrogen and oxygen atoms in total. The summed E-state index contributed by atoms with van der Waals surface area (Å²) in [7, 11) is 0. The normalized spacial score (nSPS) is 10.5. The molecule has 0 aliphatic heterocycles. The number of rotatable bonds is 2. The number of carbonyl (C=O) groups is 1. The number of benzene rings is 1. The lowest BCUT2D eigenvalue weighted by Gasteiger charge is -2.11. The average molecular weight is 339 g/mol. The van der Waals surface area contributed by atoms with Crippen LogP contribution >= 0.6 is 27.3 Å². The summed E-state index contributed by atoms with van der Waals surface area (Å²) in [5, 5.41) is 2.96. The van der Waals surface area contributed by atoms with E-state index in [1.165, 1.54) is 11.3 Å². The third kappa shape index (κ3) is 2.98. The molecule has 0 fully saturated rings. The molecule has 2 aromatic rings. The van der Waals surface area contributed by atoms with Crippen molar-refractivity contribution in [2.75, 3.05) is 11.1 Å². The van der Waals surface area contributed by atoms with Crippen molar-refractivity contribution in [3.63, 3.8) is 0 Å². The molecule has 1 amide bonds. The second-order valence-corrected chi connectivity index (χ2v) is 6.66. The molecule has 0 saturated heterocycles. The number of hydrogen-bond acceptors (Lipinski definition) is 3. The number of halogens is 1. The van der Waals surface area contributed by atoms with E-state index in [2.05, 4.69) is 21.2 Å². The Morgan fingerprint density at radius 1 is 1.21 bits per heavy atom. The van der Waals surface area contributed by atoms with Crippen LogP contribution in [0.3, 0.4) is 0 Å². The smallest absolute Gasteiger partial charge is 0.265 e. The number of thiophene rings is 1. The van der Waals surface area contributed by atoms with Gasteiger partial charge in [0.05, 0.1) is 4.88 Å². The molecule has 0 aliphatic rings. The minimum atomic E-state index is -0.113. The molecule has 1 heterocycles. The molecule has 0 spiro atoms. The molecule has 0 unspecified atom stereocenters. The number of amides is 1. The zero-order chi connectivity index (χ0) is 14.2. The SMILES string of the molecule is Cc1cc(Br)cc(C)c1NC(=O)c1cc(N)c(C)s1. The highest BCUT2D eigenvalue weighted by Crippen LogP contribution is 2.28. The summed E-state index contributed by atoms with van der Waals surface area (Å²) < 4.78 is 1.01. The Bertz CT molecular complexity index is 606. The molecule has 19 heavy (non-hydrogen) atoms. The summed E-state index contributed by atoms with van der Waals surface area (Å²) in [4.78, 5) is 13.8. The highest BCUT2D eigenvalue weighted by molar-refractivity contribution is 9.10. The number of anilines is 2. The van der Waals surface area contributed by atoms with Gasteiger partial charge in [-0.15, -0.1) is 11.3 Å². The minimum absolute atomic E-state index is 0.113. The molecular formula is C14H15BrN2OS. The Morgan fingerprint density at radius 3 is 2.26 bits per heavy atom. The molecule has 2 rings (SSSR count). The van der Waals surface area contributed by atoms with E-state index >= 15 is 0 Å². The van der Waals surface area contributed by atoms with Gasteiger partial charge in [0, 0.05) is 20.7 Å². The van der Waals surface area contributed by atoms with Crippen LogP contribution < -0.4 is 11.1 Å². The largest absolute Gasteiger partial charge is 0.398 e. The molecule has 0 aliphatic carbocycles. The fraction of sp³-hybridized carbons (Fsp3) is 0.214. The van der Waals surface area contributed by atoms with Crippen molar-refractivity contribution >= 4 is 44.5 Å². The highest BCUT2D eigenvalue weighted by Gasteiger charge is 2.13. The first-order valence-corrected chi connectivity index (χ1v) is 7.43. The lowest BCUT2D eigenvalue weighted by Crippen LogP contribution is -2.12. The highest BCUT2D eigenvalue weighted by atomic mass is 79.9. The fourth-order valence-corrected chi connectivity index (χ4v) is 3.41. The van der Waals surface area contributed by atoms with Crippen LogP contribution in [0.25, 0.3) is 0 Å². The Hall–Kier alpha value is -1.33. The molecule has 0 radical (unpaired) electrons. The molecule has 0 saturated carbocycles. The first kappa shape index (κ1) is 14.1. The van der Waals surface area contributed by atoms with E-state index in [0.29, 0.717) is 10.6 Å². The van der Waals surface area contributed by atoms with E-state index in [1.807, 2.05) is 32.9 Å². The summed E-state index contributed by atoms with van der Waals surface area (Å²) in [6.07, 6.45) is 0. The Morgan fingerprint density at radius 2 is 1.79 bits per heavy atom. The number of carbonyl (C=O) groups excluding carboxylic acids is 1.